The van der Waals surface area contributed by atoms with Crippen LogP contribution in [0.3, 0.4) is 0 Å². The van der Waals surface area contributed by atoms with E-state index in [2.05, 4.69) is 20.6 Å². The summed E-state index contributed by atoms with van der Waals surface area (Å²) in [6.07, 6.45) is 2.02. The molecule has 5 heavy (non-hydrogen) atoms. The molecule has 0 amide bonds. The zero-order valence-electron chi connectivity index (χ0n) is 2.63. The van der Waals surface area contributed by atoms with E-state index < -0.39 is 0 Å². The average Bonchev–Trinajstić information content (AvgIpc) is 1.41. The van der Waals surface area contributed by atoms with E-state index in [4.69, 9.17) is 0 Å². The molecule has 0 saturated carbocycles. The molecule has 0 fully saturated rings. The van der Waals surface area contributed by atoms with Crippen molar-refractivity contribution in [1.29, 1.82) is 0 Å². The van der Waals surface area contributed by atoms with Crippen molar-refractivity contribution in [2.75, 3.05) is 0 Å². The molecule has 0 atom stereocenters. The molecule has 0 N–H and O–H groups in total. The Bertz CT molecular complexity index is 48.9. The van der Waals surface area contributed by atoms with Gasteiger partial charge >= 0.3 is 55.7 Å². The third-order valence-electron chi connectivity index (χ3n) is 0.172. The Morgan fingerprint density at radius 1 is 1.60 bits per heavy atom. The van der Waals surface area contributed by atoms with Gasteiger partial charge in [-0.25, -0.2) is 0 Å². The molecule has 0 aromatic heterocycles. The summed E-state index contributed by atoms with van der Waals surface area (Å²) in [5, 5.41) is 0. The van der Waals surface area contributed by atoms with Gasteiger partial charge in [-0.15, -0.1) is 0 Å². The van der Waals surface area contributed by atoms with Crippen molar-refractivity contribution < 1.29 is 0 Å². The SMILES string of the molecule is [As]C=C[CH]=[Bi]. The first-order valence-electron chi connectivity index (χ1n) is 1.18. The van der Waals surface area contributed by atoms with Gasteiger partial charge in [0.05, 0.1) is 0 Å². The van der Waals surface area contributed by atoms with Gasteiger partial charge in [0.2, 0.25) is 0 Å². The maximum atomic E-state index is 2.38. The van der Waals surface area contributed by atoms with Crippen LogP contribution in [0.4, 0.5) is 0 Å². The van der Waals surface area contributed by atoms with Crippen LogP contribution in [0.15, 0.2) is 10.9 Å². The van der Waals surface area contributed by atoms with Crippen LogP contribution in [0, 0.1) is 0 Å². The van der Waals surface area contributed by atoms with Crippen LogP contribution in [0.25, 0.3) is 0 Å². The monoisotopic (exact) mass is 323 g/mol. The Labute approximate surface area is 55.5 Å². The fourth-order valence-corrected chi connectivity index (χ4v) is 1.75. The molecule has 0 saturated heterocycles. The summed E-state index contributed by atoms with van der Waals surface area (Å²) in [6.45, 7) is 0. The molecule has 0 aromatic rings. The summed E-state index contributed by atoms with van der Waals surface area (Å²) >= 11 is 3.72. The van der Waals surface area contributed by atoms with E-state index in [1.54, 1.807) is 0 Å². The first kappa shape index (κ1) is 6.05. The Morgan fingerprint density at radius 3 is 2.20 bits per heavy atom. The van der Waals surface area contributed by atoms with Crippen LogP contribution < -0.4 is 0 Å². The van der Waals surface area contributed by atoms with Crippen molar-refractivity contribution in [3.8, 4) is 0 Å². The Kier molecular flexibility index (Phi) is 6.11. The zero-order chi connectivity index (χ0) is 4.12. The first-order chi connectivity index (χ1) is 2.41. The minimum absolute atomic E-state index is 1.34. The second kappa shape index (κ2) is 5.05. The van der Waals surface area contributed by atoms with Crippen LogP contribution in [0.2, 0.25) is 0 Å². The van der Waals surface area contributed by atoms with E-state index in [0.717, 1.165) is 0 Å². The van der Waals surface area contributed by atoms with E-state index in [0.29, 0.717) is 0 Å². The van der Waals surface area contributed by atoms with Gasteiger partial charge in [-0.3, -0.25) is 0 Å². The van der Waals surface area contributed by atoms with Gasteiger partial charge in [0.25, 0.3) is 0 Å². The van der Waals surface area contributed by atoms with Crippen LogP contribution in [0.1, 0.15) is 0 Å². The maximum absolute atomic E-state index is 2.38. The predicted molar refractivity (Wildman–Crippen MR) is 26.7 cm³/mol. The Balaban J connectivity index is 2.92. The Hall–Kier alpha value is 1.05. The number of rotatable bonds is 1. The van der Waals surface area contributed by atoms with Crippen LogP contribution >= 0.6 is 0 Å². The third kappa shape index (κ3) is 5.05. The molecule has 0 aromatic carbocycles. The van der Waals surface area contributed by atoms with E-state index in [9.17, 15) is 0 Å². The van der Waals surface area contributed by atoms with Crippen LogP contribution in [0.5, 0.6) is 0 Å². The molecule has 0 aliphatic heterocycles. The van der Waals surface area contributed by atoms with Crippen molar-refractivity contribution in [2.45, 2.75) is 0 Å². The van der Waals surface area contributed by atoms with Gasteiger partial charge in [0, 0.05) is 0 Å². The molecule has 0 spiro atoms. The average molecular weight is 323 g/mol. The van der Waals surface area contributed by atoms with Crippen molar-refractivity contribution in [3.05, 3.63) is 10.9 Å². The van der Waals surface area contributed by atoms with E-state index in [-0.39, 0.29) is 0 Å². The van der Waals surface area contributed by atoms with Gasteiger partial charge in [-0.1, -0.05) is 0 Å². The number of allylic oxidation sites excluding steroid dienone is 1. The number of hydrogen-bond donors (Lipinski definition) is 0. The summed E-state index contributed by atoms with van der Waals surface area (Å²) < 4.78 is 2.10. The van der Waals surface area contributed by atoms with Crippen LogP contribution in [-0.2, 0) is 0 Å². The van der Waals surface area contributed by atoms with E-state index in [1.807, 2.05) is 10.9 Å². The molecular formula is C3H3AsBi. The standard InChI is InChI=1S/C3H3As.Bi/c1-2-3-4;/h1-3H;. The molecule has 2 heteroatoms. The molecule has 0 nitrogen and oxygen atoms in total. The van der Waals surface area contributed by atoms with Crippen molar-refractivity contribution in [3.63, 3.8) is 0 Å². The summed E-state index contributed by atoms with van der Waals surface area (Å²) in [4.78, 5) is 1.97. The molecule has 0 bridgehead atoms. The molecule has 3 radical (unpaired) electrons. The molecule has 25 valence electrons. The van der Waals surface area contributed by atoms with Gasteiger partial charge in [0.1, 0.15) is 0 Å². The Morgan fingerprint density at radius 2 is 2.20 bits per heavy atom. The second-order valence-electron chi connectivity index (χ2n) is 0.491. The second-order valence-corrected chi connectivity index (χ2v) is 2.28. The molecular weight excluding hydrogens is 320 g/mol. The summed E-state index contributed by atoms with van der Waals surface area (Å²) in [6, 6.07) is 0. The van der Waals surface area contributed by atoms with Crippen molar-refractivity contribution in [1.82, 2.24) is 0 Å². The normalized spacial score (nSPS) is 9.00. The predicted octanol–water partition coefficient (Wildman–Crippen LogP) is -0.361. The zero-order valence-corrected chi connectivity index (χ0v) is 7.98. The van der Waals surface area contributed by atoms with Gasteiger partial charge in [-0.2, -0.15) is 0 Å². The molecule has 0 unspecified atom stereocenters. The fraction of sp³-hybridized carbons (Fsp3) is 0. The van der Waals surface area contributed by atoms with Crippen molar-refractivity contribution in [2.24, 2.45) is 0 Å². The van der Waals surface area contributed by atoms with E-state index in [1.165, 1.54) is 24.2 Å². The number of hydrogen-bond acceptors (Lipinski definition) is 0. The van der Waals surface area contributed by atoms with Gasteiger partial charge in [0.15, 0.2) is 0 Å². The van der Waals surface area contributed by atoms with Gasteiger partial charge < -0.3 is 0 Å². The quantitative estimate of drug-likeness (QED) is 0.578. The third-order valence-corrected chi connectivity index (χ3v) is 1.20. The first-order valence-corrected chi connectivity index (χ1v) is 4.27. The van der Waals surface area contributed by atoms with Crippen molar-refractivity contribution >= 4 is 44.8 Å². The van der Waals surface area contributed by atoms with E-state index >= 15 is 0 Å². The molecule has 0 rings (SSSR count). The molecule has 0 aliphatic rings. The summed E-state index contributed by atoms with van der Waals surface area (Å²) in [5.74, 6) is 0. The summed E-state index contributed by atoms with van der Waals surface area (Å²) in [5.41, 5.74) is 0. The van der Waals surface area contributed by atoms with Crippen LogP contribution in [-0.4, -0.2) is 44.8 Å². The minimum atomic E-state index is 1.34. The fourth-order valence-electron chi connectivity index (χ4n) is 0.0385. The van der Waals surface area contributed by atoms with Gasteiger partial charge in [-0.05, 0) is 0 Å². The topological polar surface area (TPSA) is 0 Å². The molecule has 0 aliphatic carbocycles. The molecule has 0 heterocycles. The summed E-state index contributed by atoms with van der Waals surface area (Å²) in [7, 11) is 0.